The van der Waals surface area contributed by atoms with Crippen LogP contribution in [0.4, 0.5) is 11.6 Å². The minimum absolute atomic E-state index is 0.0149. The van der Waals surface area contributed by atoms with Crippen molar-refractivity contribution < 1.29 is 27.6 Å². The van der Waals surface area contributed by atoms with Gasteiger partial charge in [-0.15, -0.1) is 0 Å². The van der Waals surface area contributed by atoms with E-state index in [1.165, 1.54) is 24.7 Å². The molecule has 39 heavy (non-hydrogen) atoms. The van der Waals surface area contributed by atoms with E-state index < -0.39 is 4.92 Å². The fraction of sp³-hybridized carbons (Fsp3) is 0.103. The van der Waals surface area contributed by atoms with E-state index in [1.807, 2.05) is 6.92 Å². The van der Waals surface area contributed by atoms with E-state index in [1.54, 1.807) is 60.8 Å². The predicted octanol–water partition coefficient (Wildman–Crippen LogP) is 7.31. The number of nitro benzene ring substituents is 1. The van der Waals surface area contributed by atoms with Gasteiger partial charge in [-0.1, -0.05) is 0 Å². The molecule has 0 aliphatic carbocycles. The standard InChI is InChI=1S/C29H21N3O7/c1-2-35-26-15-20(9-12-23(26)38-18-19-7-10-21(11-8-19)32(33)34)17-31-29-22(16-30)27(24-5-3-13-36-24)28(39-29)25-6-4-14-37-25/h3-15,17H,2,18H2,1H3. The lowest BCUT2D eigenvalue weighted by Crippen LogP contribution is -2.00. The van der Waals surface area contributed by atoms with E-state index in [0.29, 0.717) is 46.5 Å². The summed E-state index contributed by atoms with van der Waals surface area (Å²) < 4.78 is 28.7. The van der Waals surface area contributed by atoms with E-state index in [9.17, 15) is 15.4 Å². The molecule has 0 unspecified atom stereocenters. The van der Waals surface area contributed by atoms with Crippen LogP contribution in [0.5, 0.6) is 11.5 Å². The Balaban J connectivity index is 1.41. The molecule has 10 nitrogen and oxygen atoms in total. The zero-order valence-corrected chi connectivity index (χ0v) is 20.7. The molecule has 0 atom stereocenters. The Morgan fingerprint density at radius 3 is 2.38 bits per heavy atom. The van der Waals surface area contributed by atoms with E-state index in [4.69, 9.17) is 22.7 Å². The van der Waals surface area contributed by atoms with Crippen LogP contribution in [0.15, 0.2) is 97.5 Å². The lowest BCUT2D eigenvalue weighted by molar-refractivity contribution is -0.384. The van der Waals surface area contributed by atoms with Crippen LogP contribution in [0.1, 0.15) is 23.6 Å². The monoisotopic (exact) mass is 523 g/mol. The summed E-state index contributed by atoms with van der Waals surface area (Å²) in [4.78, 5) is 14.9. The number of hydrogen-bond acceptors (Lipinski definition) is 9. The van der Waals surface area contributed by atoms with Crippen LogP contribution < -0.4 is 9.47 Å². The van der Waals surface area contributed by atoms with E-state index in [0.717, 1.165) is 5.56 Å². The number of ether oxygens (including phenoxy) is 2. The average Bonchev–Trinajstić information content (AvgIpc) is 3.72. The minimum Gasteiger partial charge on any atom is -0.490 e. The molecule has 0 saturated carbocycles. The van der Waals surface area contributed by atoms with Gasteiger partial charge in [-0.05, 0) is 72.6 Å². The first-order chi connectivity index (χ1) is 19.1. The van der Waals surface area contributed by atoms with Gasteiger partial charge in [-0.25, -0.2) is 4.99 Å². The van der Waals surface area contributed by atoms with E-state index in [2.05, 4.69) is 11.1 Å². The normalized spacial score (nSPS) is 11.0. The number of furan rings is 3. The molecule has 5 aromatic rings. The summed E-state index contributed by atoms with van der Waals surface area (Å²) >= 11 is 0. The Labute approximate surface area is 222 Å². The van der Waals surface area contributed by atoms with Gasteiger partial charge in [-0.3, -0.25) is 10.1 Å². The number of nitro groups is 1. The van der Waals surface area contributed by atoms with Crippen molar-refractivity contribution in [1.29, 1.82) is 5.26 Å². The summed E-state index contributed by atoms with van der Waals surface area (Å²) in [6.45, 7) is 2.47. The average molecular weight is 524 g/mol. The second kappa shape index (κ2) is 11.2. The maximum atomic E-state index is 10.9. The molecule has 0 N–H and O–H groups in total. The molecule has 3 heterocycles. The second-order valence-corrected chi connectivity index (χ2v) is 8.16. The fourth-order valence-corrected chi connectivity index (χ4v) is 3.85. The first-order valence-corrected chi connectivity index (χ1v) is 11.9. The Bertz CT molecular complexity index is 1640. The maximum Gasteiger partial charge on any atom is 0.269 e. The van der Waals surface area contributed by atoms with Gasteiger partial charge in [0.25, 0.3) is 5.69 Å². The fourth-order valence-electron chi connectivity index (χ4n) is 3.85. The molecule has 194 valence electrons. The molecule has 0 radical (unpaired) electrons. The van der Waals surface area contributed by atoms with Gasteiger partial charge in [0.2, 0.25) is 5.88 Å². The summed E-state index contributed by atoms with van der Waals surface area (Å²) in [6, 6.07) is 20.5. The molecule has 0 fully saturated rings. The van der Waals surface area contributed by atoms with Crippen LogP contribution in [0, 0.1) is 21.4 Å². The highest BCUT2D eigenvalue weighted by atomic mass is 16.6. The quantitative estimate of drug-likeness (QED) is 0.106. The van der Waals surface area contributed by atoms with Crippen molar-refractivity contribution in [2.24, 2.45) is 4.99 Å². The molecule has 0 saturated heterocycles. The molecule has 0 spiro atoms. The van der Waals surface area contributed by atoms with Crippen molar-refractivity contribution in [3.63, 3.8) is 0 Å². The van der Waals surface area contributed by atoms with Crippen molar-refractivity contribution in [3.8, 4) is 40.4 Å². The summed E-state index contributed by atoms with van der Waals surface area (Å²) in [5.74, 6) is 2.33. The number of nitriles is 1. The Morgan fingerprint density at radius 2 is 1.74 bits per heavy atom. The van der Waals surface area contributed by atoms with Crippen LogP contribution in [-0.4, -0.2) is 17.7 Å². The molecule has 2 aromatic carbocycles. The first kappa shape index (κ1) is 25.1. The molecule has 0 bridgehead atoms. The molecule has 0 aliphatic rings. The largest absolute Gasteiger partial charge is 0.490 e. The third-order valence-corrected chi connectivity index (χ3v) is 5.65. The predicted molar refractivity (Wildman–Crippen MR) is 141 cm³/mol. The zero-order valence-electron chi connectivity index (χ0n) is 20.7. The highest BCUT2D eigenvalue weighted by Crippen LogP contribution is 2.43. The third kappa shape index (κ3) is 5.42. The van der Waals surface area contributed by atoms with Gasteiger partial charge in [0.05, 0.1) is 29.6 Å². The second-order valence-electron chi connectivity index (χ2n) is 8.16. The first-order valence-electron chi connectivity index (χ1n) is 11.9. The van der Waals surface area contributed by atoms with Gasteiger partial charge in [0, 0.05) is 18.3 Å². The third-order valence-electron chi connectivity index (χ3n) is 5.65. The van der Waals surface area contributed by atoms with Gasteiger partial charge in [0.1, 0.15) is 24.0 Å². The molecule has 5 rings (SSSR count). The number of aliphatic imine (C=N–C) groups is 1. The topological polar surface area (TPSA) is 137 Å². The van der Waals surface area contributed by atoms with Gasteiger partial charge in [0.15, 0.2) is 23.0 Å². The summed E-state index contributed by atoms with van der Waals surface area (Å²) in [7, 11) is 0. The molecule has 10 heteroatoms. The van der Waals surface area contributed by atoms with E-state index >= 15 is 0 Å². The molecular formula is C29H21N3O7. The smallest absolute Gasteiger partial charge is 0.269 e. The zero-order chi connectivity index (χ0) is 27.2. The minimum atomic E-state index is -0.448. The Morgan fingerprint density at radius 1 is 1.00 bits per heavy atom. The summed E-state index contributed by atoms with van der Waals surface area (Å²) in [6.07, 6.45) is 4.58. The van der Waals surface area contributed by atoms with Crippen LogP contribution in [0.25, 0.3) is 22.8 Å². The van der Waals surface area contributed by atoms with Crippen molar-refractivity contribution in [2.45, 2.75) is 13.5 Å². The number of hydrogen-bond donors (Lipinski definition) is 0. The van der Waals surface area contributed by atoms with Crippen LogP contribution in [-0.2, 0) is 6.61 Å². The van der Waals surface area contributed by atoms with Gasteiger partial charge >= 0.3 is 0 Å². The van der Waals surface area contributed by atoms with Crippen molar-refractivity contribution >= 4 is 17.8 Å². The van der Waals surface area contributed by atoms with E-state index in [-0.39, 0.29) is 23.7 Å². The molecule has 0 amide bonds. The summed E-state index contributed by atoms with van der Waals surface area (Å²) in [5.41, 5.74) is 2.13. The van der Waals surface area contributed by atoms with Gasteiger partial charge < -0.3 is 22.7 Å². The van der Waals surface area contributed by atoms with Gasteiger partial charge in [-0.2, -0.15) is 5.26 Å². The van der Waals surface area contributed by atoms with Crippen molar-refractivity contribution in [1.82, 2.24) is 0 Å². The lowest BCUT2D eigenvalue weighted by Gasteiger charge is -2.12. The lowest BCUT2D eigenvalue weighted by atomic mass is 10.1. The van der Waals surface area contributed by atoms with Crippen molar-refractivity contribution in [2.75, 3.05) is 6.61 Å². The van der Waals surface area contributed by atoms with Crippen LogP contribution in [0.3, 0.4) is 0 Å². The Hall–Kier alpha value is -5.56. The summed E-state index contributed by atoms with van der Waals surface area (Å²) in [5, 5.41) is 20.8. The van der Waals surface area contributed by atoms with Crippen LogP contribution in [0.2, 0.25) is 0 Å². The Kier molecular flexibility index (Phi) is 7.23. The number of rotatable bonds is 10. The van der Waals surface area contributed by atoms with Crippen molar-refractivity contribution in [3.05, 3.63) is 106 Å². The number of nitrogens with zero attached hydrogens (tertiary/aromatic N) is 3. The highest BCUT2D eigenvalue weighted by Gasteiger charge is 2.26. The highest BCUT2D eigenvalue weighted by molar-refractivity contribution is 5.88. The maximum absolute atomic E-state index is 10.9. The number of non-ortho nitro benzene ring substituents is 1. The molecular weight excluding hydrogens is 502 g/mol. The molecule has 0 aliphatic heterocycles. The SMILES string of the molecule is CCOc1cc(C=Nc2oc(-c3ccco3)c(-c3ccco3)c2C#N)ccc1OCc1ccc([N+](=O)[O-])cc1. The number of benzene rings is 2. The van der Waals surface area contributed by atoms with Crippen LogP contribution >= 0.6 is 0 Å². The molecule has 3 aromatic heterocycles.